The molecule has 1 aromatic heterocycles. The molecule has 35 heavy (non-hydrogen) atoms. The Hall–Kier alpha value is -2.75. The number of aromatic nitrogens is 1. The SMILES string of the molecule is C/C=C(C(\C)=C/C(=C/CC)CCCC)/C(=C/c1cnc(NC(=O)C2CC2F)cc1C)C(/C)=C/CC. The molecule has 1 aromatic rings. The van der Waals surface area contributed by atoms with E-state index in [1.165, 1.54) is 40.7 Å². The van der Waals surface area contributed by atoms with Crippen molar-refractivity contribution in [3.8, 4) is 0 Å². The number of nitrogens with one attached hydrogen (secondary N) is 1. The van der Waals surface area contributed by atoms with Crippen LogP contribution in [0, 0.1) is 12.8 Å². The lowest BCUT2D eigenvalue weighted by Crippen LogP contribution is -2.16. The zero-order valence-corrected chi connectivity index (χ0v) is 22.7. The predicted octanol–water partition coefficient (Wildman–Crippen LogP) is 8.85. The number of allylic oxidation sites excluding steroid dienone is 9. The van der Waals surface area contributed by atoms with Crippen LogP contribution < -0.4 is 5.32 Å². The van der Waals surface area contributed by atoms with E-state index in [1.54, 1.807) is 6.20 Å². The molecule has 0 aromatic carbocycles. The van der Waals surface area contributed by atoms with Crippen LogP contribution in [0.5, 0.6) is 0 Å². The second-order valence-electron chi connectivity index (χ2n) is 9.45. The first-order valence-corrected chi connectivity index (χ1v) is 13.1. The maximum atomic E-state index is 13.2. The van der Waals surface area contributed by atoms with Crippen molar-refractivity contribution in [1.82, 2.24) is 4.98 Å². The van der Waals surface area contributed by atoms with Crippen LogP contribution >= 0.6 is 0 Å². The zero-order chi connectivity index (χ0) is 26.0. The average molecular weight is 479 g/mol. The highest BCUT2D eigenvalue weighted by molar-refractivity contribution is 5.94. The standard InChI is InChI=1S/C31H43FN2O/c1-8-12-15-24(14-10-3)16-23(7)26(11-4)27(21(5)13-9-2)18-25-20-33-30(17-22(25)6)34-31(35)28-19-29(28)32/h11,13-14,16-18,20,28-29H,8-10,12,15,19H2,1-7H3,(H,33,34,35)/b21-13+,23-16-,24-14+,26-11+,27-18+. The highest BCUT2D eigenvalue weighted by Gasteiger charge is 2.43. The number of alkyl halides is 1. The molecule has 1 amide bonds. The molecule has 1 heterocycles. The summed E-state index contributed by atoms with van der Waals surface area (Å²) in [7, 11) is 0. The van der Waals surface area contributed by atoms with Gasteiger partial charge in [-0.2, -0.15) is 0 Å². The molecule has 0 spiro atoms. The molecule has 2 atom stereocenters. The first kappa shape index (κ1) is 28.5. The number of rotatable bonds is 12. The third kappa shape index (κ3) is 8.45. The van der Waals surface area contributed by atoms with Gasteiger partial charge in [-0.3, -0.25) is 4.79 Å². The Morgan fingerprint density at radius 1 is 1.14 bits per heavy atom. The molecule has 1 saturated carbocycles. The smallest absolute Gasteiger partial charge is 0.231 e. The molecule has 0 aliphatic heterocycles. The summed E-state index contributed by atoms with van der Waals surface area (Å²) in [5.74, 6) is -0.342. The van der Waals surface area contributed by atoms with E-state index in [2.05, 4.69) is 82.2 Å². The highest BCUT2D eigenvalue weighted by Crippen LogP contribution is 2.35. The second kappa shape index (κ2) is 14.0. The number of unbranched alkanes of at least 4 members (excludes halogenated alkanes) is 1. The van der Waals surface area contributed by atoms with Crippen LogP contribution in [0.2, 0.25) is 0 Å². The number of carbonyl (C=O) groups is 1. The third-order valence-corrected chi connectivity index (χ3v) is 6.38. The van der Waals surface area contributed by atoms with Gasteiger partial charge in [0, 0.05) is 6.20 Å². The fourth-order valence-corrected chi connectivity index (χ4v) is 4.24. The average Bonchev–Trinajstić information content (AvgIpc) is 3.55. The number of aryl methyl sites for hydroxylation is 1. The Bertz CT molecular complexity index is 1040. The van der Waals surface area contributed by atoms with Crippen LogP contribution in [0.3, 0.4) is 0 Å². The topological polar surface area (TPSA) is 42.0 Å². The minimum absolute atomic E-state index is 0.286. The predicted molar refractivity (Wildman–Crippen MR) is 148 cm³/mol. The van der Waals surface area contributed by atoms with E-state index >= 15 is 0 Å². The fraction of sp³-hybridized carbons (Fsp3) is 0.484. The maximum Gasteiger partial charge on any atom is 0.231 e. The number of hydrogen-bond donors (Lipinski definition) is 1. The molecule has 190 valence electrons. The molecule has 0 radical (unpaired) electrons. The summed E-state index contributed by atoms with van der Waals surface area (Å²) >= 11 is 0. The van der Waals surface area contributed by atoms with E-state index in [9.17, 15) is 9.18 Å². The lowest BCUT2D eigenvalue weighted by molar-refractivity contribution is -0.117. The lowest BCUT2D eigenvalue weighted by atomic mass is 9.89. The van der Waals surface area contributed by atoms with Gasteiger partial charge in [-0.05, 0) is 105 Å². The number of anilines is 1. The quantitative estimate of drug-likeness (QED) is 0.305. The van der Waals surface area contributed by atoms with Gasteiger partial charge >= 0.3 is 0 Å². The minimum atomic E-state index is -1.01. The zero-order valence-electron chi connectivity index (χ0n) is 22.7. The normalized spacial score (nSPS) is 19.7. The molecular weight excluding hydrogens is 435 g/mol. The van der Waals surface area contributed by atoms with Gasteiger partial charge in [0.1, 0.15) is 12.0 Å². The largest absolute Gasteiger partial charge is 0.310 e. The molecular formula is C31H43FN2O. The molecule has 3 nitrogen and oxygen atoms in total. The van der Waals surface area contributed by atoms with Crippen LogP contribution in [0.4, 0.5) is 10.2 Å². The molecule has 4 heteroatoms. The second-order valence-corrected chi connectivity index (χ2v) is 9.45. The van der Waals surface area contributed by atoms with Gasteiger partial charge in [0.2, 0.25) is 5.91 Å². The van der Waals surface area contributed by atoms with Crippen molar-refractivity contribution < 1.29 is 9.18 Å². The van der Waals surface area contributed by atoms with Gasteiger partial charge in [-0.1, -0.05) is 57.1 Å². The first-order chi connectivity index (χ1) is 16.7. The number of hydrogen-bond acceptors (Lipinski definition) is 2. The Kier molecular flexibility index (Phi) is 11.4. The first-order valence-electron chi connectivity index (χ1n) is 13.1. The number of nitrogens with zero attached hydrogens (tertiary/aromatic N) is 1. The van der Waals surface area contributed by atoms with Gasteiger partial charge in [-0.15, -0.1) is 0 Å². The summed E-state index contributed by atoms with van der Waals surface area (Å²) in [5, 5.41) is 2.75. The van der Waals surface area contributed by atoms with Crippen LogP contribution in [0.15, 0.2) is 64.4 Å². The van der Waals surface area contributed by atoms with Crippen molar-refractivity contribution in [2.75, 3.05) is 5.32 Å². The van der Waals surface area contributed by atoms with Gasteiger partial charge in [0.05, 0.1) is 5.92 Å². The summed E-state index contributed by atoms with van der Waals surface area (Å²) in [6.07, 6.45) is 17.9. The van der Waals surface area contributed by atoms with Crippen LogP contribution in [0.25, 0.3) is 6.08 Å². The van der Waals surface area contributed by atoms with Gasteiger partial charge in [0.15, 0.2) is 0 Å². The van der Waals surface area contributed by atoms with Gasteiger partial charge in [0.25, 0.3) is 0 Å². The highest BCUT2D eigenvalue weighted by atomic mass is 19.1. The Balaban J connectivity index is 2.42. The van der Waals surface area contributed by atoms with E-state index in [-0.39, 0.29) is 5.91 Å². The summed E-state index contributed by atoms with van der Waals surface area (Å²) < 4.78 is 13.2. The Labute approximate surface area is 212 Å². The Morgan fingerprint density at radius 3 is 2.37 bits per heavy atom. The molecule has 2 rings (SSSR count). The summed E-state index contributed by atoms with van der Waals surface area (Å²) in [6.45, 7) is 15.0. The van der Waals surface area contributed by atoms with Crippen LogP contribution in [0.1, 0.15) is 91.2 Å². The summed E-state index contributed by atoms with van der Waals surface area (Å²) in [5.41, 5.74) is 8.27. The number of amides is 1. The minimum Gasteiger partial charge on any atom is -0.310 e. The van der Waals surface area contributed by atoms with E-state index in [4.69, 9.17) is 0 Å². The van der Waals surface area contributed by atoms with Crippen LogP contribution in [-0.2, 0) is 4.79 Å². The monoisotopic (exact) mass is 478 g/mol. The van der Waals surface area contributed by atoms with Crippen LogP contribution in [-0.4, -0.2) is 17.1 Å². The van der Waals surface area contributed by atoms with E-state index in [0.29, 0.717) is 12.2 Å². The van der Waals surface area contributed by atoms with E-state index < -0.39 is 12.1 Å². The van der Waals surface area contributed by atoms with Crippen molar-refractivity contribution in [2.45, 2.75) is 93.2 Å². The van der Waals surface area contributed by atoms with Crippen molar-refractivity contribution in [3.63, 3.8) is 0 Å². The van der Waals surface area contributed by atoms with E-state index in [1.807, 2.05) is 13.0 Å². The van der Waals surface area contributed by atoms with Crippen molar-refractivity contribution >= 4 is 17.8 Å². The number of halogens is 1. The molecule has 1 aliphatic carbocycles. The van der Waals surface area contributed by atoms with Gasteiger partial charge < -0.3 is 5.32 Å². The lowest BCUT2D eigenvalue weighted by Gasteiger charge is -2.16. The third-order valence-electron chi connectivity index (χ3n) is 6.38. The van der Waals surface area contributed by atoms with E-state index in [0.717, 1.165) is 30.4 Å². The molecule has 0 bridgehead atoms. The van der Waals surface area contributed by atoms with Crippen molar-refractivity contribution in [3.05, 3.63) is 75.6 Å². The van der Waals surface area contributed by atoms with Crippen molar-refractivity contribution in [1.29, 1.82) is 0 Å². The maximum absolute atomic E-state index is 13.2. The molecule has 1 aliphatic rings. The number of carbonyl (C=O) groups excluding carboxylic acids is 1. The Morgan fingerprint density at radius 2 is 1.83 bits per heavy atom. The summed E-state index contributed by atoms with van der Waals surface area (Å²) in [6, 6.07) is 1.86. The molecule has 0 saturated heterocycles. The molecule has 2 unspecified atom stereocenters. The fourth-order valence-electron chi connectivity index (χ4n) is 4.24. The molecule has 1 fully saturated rings. The van der Waals surface area contributed by atoms with Crippen molar-refractivity contribution in [2.24, 2.45) is 5.92 Å². The molecule has 1 N–H and O–H groups in total. The number of pyridine rings is 1. The summed E-state index contributed by atoms with van der Waals surface area (Å²) in [4.78, 5) is 16.5. The van der Waals surface area contributed by atoms with Gasteiger partial charge in [-0.25, -0.2) is 9.37 Å².